The monoisotopic (exact) mass is 305 g/mol. The van der Waals surface area contributed by atoms with Crippen molar-refractivity contribution in [2.24, 2.45) is 5.92 Å². The van der Waals surface area contributed by atoms with Crippen LogP contribution in [0.25, 0.3) is 0 Å². The summed E-state index contributed by atoms with van der Waals surface area (Å²) in [7, 11) is 0. The first-order valence-corrected chi connectivity index (χ1v) is 8.47. The van der Waals surface area contributed by atoms with Gasteiger partial charge in [-0.15, -0.1) is 0 Å². The van der Waals surface area contributed by atoms with Gasteiger partial charge in [0.1, 0.15) is 5.82 Å². The highest BCUT2D eigenvalue weighted by atomic mass is 19.1. The highest BCUT2D eigenvalue weighted by molar-refractivity contribution is 5.17. The molecule has 0 amide bonds. The van der Waals surface area contributed by atoms with E-state index in [9.17, 15) is 4.39 Å². The van der Waals surface area contributed by atoms with Crippen LogP contribution in [0.15, 0.2) is 24.3 Å². The molecule has 0 N–H and O–H groups in total. The SMILES string of the molecule is Fc1cccc(CN2[C@H]3COC[C@H]2CC(OCC2CC2)C3)c1. The van der Waals surface area contributed by atoms with Crippen LogP contribution in [-0.2, 0) is 16.0 Å². The van der Waals surface area contributed by atoms with Gasteiger partial charge >= 0.3 is 0 Å². The van der Waals surface area contributed by atoms with Crippen LogP contribution < -0.4 is 0 Å². The van der Waals surface area contributed by atoms with Gasteiger partial charge in [-0.3, -0.25) is 4.90 Å². The molecule has 2 bridgehead atoms. The summed E-state index contributed by atoms with van der Waals surface area (Å²) in [5.41, 5.74) is 1.05. The molecular formula is C18H24FNO2. The Morgan fingerprint density at radius 2 is 1.95 bits per heavy atom. The lowest BCUT2D eigenvalue weighted by Crippen LogP contribution is -2.57. The third-order valence-electron chi connectivity index (χ3n) is 5.15. The number of morpholine rings is 1. The molecule has 22 heavy (non-hydrogen) atoms. The molecule has 2 heterocycles. The minimum Gasteiger partial charge on any atom is -0.378 e. The van der Waals surface area contributed by atoms with Gasteiger partial charge in [0.2, 0.25) is 0 Å². The third-order valence-corrected chi connectivity index (χ3v) is 5.15. The lowest BCUT2D eigenvalue weighted by Gasteiger charge is -2.48. The summed E-state index contributed by atoms with van der Waals surface area (Å²) in [6.45, 7) is 3.30. The molecular weight excluding hydrogens is 281 g/mol. The molecule has 3 fully saturated rings. The number of hydrogen-bond acceptors (Lipinski definition) is 3. The summed E-state index contributed by atoms with van der Waals surface area (Å²) in [4.78, 5) is 2.50. The van der Waals surface area contributed by atoms with E-state index in [2.05, 4.69) is 4.90 Å². The van der Waals surface area contributed by atoms with Crippen molar-refractivity contribution in [3.05, 3.63) is 35.6 Å². The quantitative estimate of drug-likeness (QED) is 0.835. The van der Waals surface area contributed by atoms with Crippen molar-refractivity contribution < 1.29 is 13.9 Å². The first kappa shape index (κ1) is 14.6. The van der Waals surface area contributed by atoms with E-state index in [4.69, 9.17) is 9.47 Å². The smallest absolute Gasteiger partial charge is 0.123 e. The van der Waals surface area contributed by atoms with Gasteiger partial charge in [-0.25, -0.2) is 4.39 Å². The summed E-state index contributed by atoms with van der Waals surface area (Å²) in [6.07, 6.45) is 5.14. The van der Waals surface area contributed by atoms with Gasteiger partial charge in [-0.05, 0) is 49.3 Å². The van der Waals surface area contributed by atoms with Gasteiger partial charge in [-0.2, -0.15) is 0 Å². The van der Waals surface area contributed by atoms with Crippen LogP contribution in [0.1, 0.15) is 31.2 Å². The van der Waals surface area contributed by atoms with E-state index in [1.54, 1.807) is 12.1 Å². The van der Waals surface area contributed by atoms with Gasteiger partial charge in [0.15, 0.2) is 0 Å². The molecule has 2 saturated heterocycles. The van der Waals surface area contributed by atoms with Gasteiger partial charge in [0.25, 0.3) is 0 Å². The Labute approximate surface area is 131 Å². The Hall–Kier alpha value is -0.970. The summed E-state index contributed by atoms with van der Waals surface area (Å²) in [5, 5.41) is 0. The van der Waals surface area contributed by atoms with Crippen LogP contribution in [0.4, 0.5) is 4.39 Å². The topological polar surface area (TPSA) is 21.7 Å². The molecule has 4 rings (SSSR count). The number of benzene rings is 1. The minimum atomic E-state index is -0.151. The summed E-state index contributed by atoms with van der Waals surface area (Å²) >= 11 is 0. The van der Waals surface area contributed by atoms with Crippen LogP contribution >= 0.6 is 0 Å². The highest BCUT2D eigenvalue weighted by Gasteiger charge is 2.39. The third kappa shape index (κ3) is 3.34. The fourth-order valence-electron chi connectivity index (χ4n) is 3.74. The predicted octanol–water partition coefficient (Wildman–Crippen LogP) is 2.98. The molecule has 0 spiro atoms. The zero-order valence-electron chi connectivity index (χ0n) is 12.9. The molecule has 1 aromatic rings. The van der Waals surface area contributed by atoms with Crippen molar-refractivity contribution in [2.75, 3.05) is 19.8 Å². The van der Waals surface area contributed by atoms with Crippen LogP contribution in [0.5, 0.6) is 0 Å². The van der Waals surface area contributed by atoms with Crippen LogP contribution in [0, 0.1) is 11.7 Å². The number of halogens is 1. The molecule has 1 aliphatic carbocycles. The maximum absolute atomic E-state index is 13.4. The van der Waals surface area contributed by atoms with E-state index in [0.717, 1.165) is 50.7 Å². The number of nitrogens with zero attached hydrogens (tertiary/aromatic N) is 1. The lowest BCUT2D eigenvalue weighted by atomic mass is 9.91. The second-order valence-corrected chi connectivity index (χ2v) is 7.02. The van der Waals surface area contributed by atoms with Crippen LogP contribution in [0.3, 0.4) is 0 Å². The van der Waals surface area contributed by atoms with Gasteiger partial charge in [0, 0.05) is 25.2 Å². The molecule has 3 nitrogen and oxygen atoms in total. The molecule has 3 aliphatic rings. The fraction of sp³-hybridized carbons (Fsp3) is 0.667. The average Bonchev–Trinajstić information content (AvgIpc) is 3.29. The number of rotatable bonds is 5. The van der Waals surface area contributed by atoms with Crippen molar-refractivity contribution in [1.29, 1.82) is 0 Å². The Morgan fingerprint density at radius 1 is 1.18 bits per heavy atom. The molecule has 1 aromatic carbocycles. The first-order valence-electron chi connectivity index (χ1n) is 8.47. The number of hydrogen-bond donors (Lipinski definition) is 0. The zero-order valence-corrected chi connectivity index (χ0v) is 12.9. The van der Waals surface area contributed by atoms with Gasteiger partial charge in [-0.1, -0.05) is 12.1 Å². The van der Waals surface area contributed by atoms with E-state index >= 15 is 0 Å². The zero-order chi connectivity index (χ0) is 14.9. The Morgan fingerprint density at radius 3 is 2.64 bits per heavy atom. The standard InChI is InChI=1S/C18H24FNO2/c19-15-3-1-2-14(6-15)9-20-16-7-18(22-10-13-4-5-13)8-17(20)12-21-11-16/h1-3,6,13,16-18H,4-5,7-12H2/t16-,17-/m1/s1. The first-order chi connectivity index (χ1) is 10.8. The van der Waals surface area contributed by atoms with E-state index in [1.807, 2.05) is 6.07 Å². The van der Waals surface area contributed by atoms with Gasteiger partial charge < -0.3 is 9.47 Å². The molecule has 4 heteroatoms. The summed E-state index contributed by atoms with van der Waals surface area (Å²) < 4.78 is 25.3. The molecule has 2 aliphatic heterocycles. The molecule has 1 saturated carbocycles. The molecule has 0 aromatic heterocycles. The van der Waals surface area contributed by atoms with Crippen molar-refractivity contribution in [2.45, 2.75) is 50.4 Å². The molecule has 120 valence electrons. The number of piperidine rings is 1. The maximum atomic E-state index is 13.4. The minimum absolute atomic E-state index is 0.151. The van der Waals surface area contributed by atoms with Gasteiger partial charge in [0.05, 0.1) is 19.3 Å². The lowest BCUT2D eigenvalue weighted by molar-refractivity contribution is -0.123. The van der Waals surface area contributed by atoms with Crippen molar-refractivity contribution in [1.82, 2.24) is 4.90 Å². The number of ether oxygens (including phenoxy) is 2. The Kier molecular flexibility index (Phi) is 4.16. The predicted molar refractivity (Wildman–Crippen MR) is 82.0 cm³/mol. The van der Waals surface area contributed by atoms with Crippen molar-refractivity contribution >= 4 is 0 Å². The van der Waals surface area contributed by atoms with E-state index in [1.165, 1.54) is 18.9 Å². The summed E-state index contributed by atoms with van der Waals surface area (Å²) in [6, 6.07) is 7.76. The van der Waals surface area contributed by atoms with Crippen LogP contribution in [0.2, 0.25) is 0 Å². The second-order valence-electron chi connectivity index (χ2n) is 7.02. The second kappa shape index (κ2) is 6.26. The largest absolute Gasteiger partial charge is 0.378 e. The Bertz CT molecular complexity index is 506. The summed E-state index contributed by atoms with van der Waals surface area (Å²) in [5.74, 6) is 0.669. The number of fused-ring (bicyclic) bond motifs is 2. The fourth-order valence-corrected chi connectivity index (χ4v) is 3.74. The normalized spacial score (nSPS) is 32.1. The van der Waals surface area contributed by atoms with E-state index < -0.39 is 0 Å². The maximum Gasteiger partial charge on any atom is 0.123 e. The molecule has 0 unspecified atom stereocenters. The Balaban J connectivity index is 1.40. The molecule has 0 radical (unpaired) electrons. The molecule has 2 atom stereocenters. The average molecular weight is 305 g/mol. The van der Waals surface area contributed by atoms with Crippen molar-refractivity contribution in [3.8, 4) is 0 Å². The van der Waals surface area contributed by atoms with E-state index in [-0.39, 0.29) is 5.82 Å². The van der Waals surface area contributed by atoms with Crippen molar-refractivity contribution in [3.63, 3.8) is 0 Å². The van der Waals surface area contributed by atoms with Crippen LogP contribution in [-0.4, -0.2) is 42.9 Å². The van der Waals surface area contributed by atoms with E-state index in [0.29, 0.717) is 18.2 Å². The highest BCUT2D eigenvalue weighted by Crippen LogP contribution is 2.34.